The maximum atomic E-state index is 13.2. The summed E-state index contributed by atoms with van der Waals surface area (Å²) in [7, 11) is 3.13. The van der Waals surface area contributed by atoms with E-state index in [1.165, 1.54) is 0 Å². The number of aromatic nitrogens is 4. The van der Waals surface area contributed by atoms with Crippen molar-refractivity contribution < 1.29 is 14.3 Å². The van der Waals surface area contributed by atoms with E-state index in [-0.39, 0.29) is 5.91 Å². The highest BCUT2D eigenvalue weighted by molar-refractivity contribution is 6.00. The summed E-state index contributed by atoms with van der Waals surface area (Å²) in [6, 6.07) is 16.8. The van der Waals surface area contributed by atoms with Crippen molar-refractivity contribution in [1.82, 2.24) is 25.2 Å². The highest BCUT2D eigenvalue weighted by Gasteiger charge is 2.20. The van der Waals surface area contributed by atoms with Crippen LogP contribution in [0.15, 0.2) is 60.8 Å². The Bertz CT molecular complexity index is 1270. The maximum Gasteiger partial charge on any atom is 0.273 e. The number of aryl methyl sites for hydroxylation is 2. The molecule has 0 radical (unpaired) electrons. The fraction of sp³-hybridized carbons (Fsp3) is 0.167. The van der Waals surface area contributed by atoms with Crippen molar-refractivity contribution in [3.8, 4) is 28.4 Å². The lowest BCUT2D eigenvalue weighted by atomic mass is 10.1. The minimum Gasteiger partial charge on any atom is -0.493 e. The molecule has 0 aliphatic rings. The second kappa shape index (κ2) is 9.39. The summed E-state index contributed by atoms with van der Waals surface area (Å²) in [5.41, 5.74) is 9.43. The lowest BCUT2D eigenvalue weighted by molar-refractivity contribution is 0.0963. The molecule has 0 aliphatic carbocycles. The van der Waals surface area contributed by atoms with Crippen LogP contribution in [-0.2, 0) is 0 Å². The summed E-state index contributed by atoms with van der Waals surface area (Å²) in [6.45, 7) is 3.72. The molecule has 0 aliphatic heterocycles. The van der Waals surface area contributed by atoms with Crippen LogP contribution >= 0.6 is 0 Å². The van der Waals surface area contributed by atoms with Crippen molar-refractivity contribution in [2.24, 2.45) is 0 Å². The van der Waals surface area contributed by atoms with Crippen LogP contribution in [0.4, 0.5) is 5.95 Å². The number of anilines is 1. The number of hydrogen-bond donors (Lipinski definition) is 2. The molecule has 2 aromatic carbocycles. The van der Waals surface area contributed by atoms with Gasteiger partial charge in [0.15, 0.2) is 11.5 Å². The Balaban J connectivity index is 1.71. The first kappa shape index (κ1) is 21.8. The number of nitrogens with zero attached hydrogens (tertiary/aromatic N) is 4. The molecule has 0 spiro atoms. The van der Waals surface area contributed by atoms with E-state index in [1.54, 1.807) is 37.2 Å². The Kier molecular flexibility index (Phi) is 6.21. The van der Waals surface area contributed by atoms with E-state index < -0.39 is 0 Å². The van der Waals surface area contributed by atoms with E-state index >= 15 is 0 Å². The fourth-order valence-electron chi connectivity index (χ4n) is 3.41. The van der Waals surface area contributed by atoms with Gasteiger partial charge in [-0.05, 0) is 50.2 Å². The first-order valence-corrected chi connectivity index (χ1v) is 10.2. The van der Waals surface area contributed by atoms with E-state index in [9.17, 15) is 4.79 Å². The minimum absolute atomic E-state index is 0.309. The Hall–Kier alpha value is -4.40. The summed E-state index contributed by atoms with van der Waals surface area (Å²) in [6.07, 6.45) is 1.68. The van der Waals surface area contributed by atoms with Crippen LogP contribution < -0.4 is 20.3 Å². The minimum atomic E-state index is -0.385. The molecule has 9 heteroatoms. The molecule has 4 rings (SSSR count). The van der Waals surface area contributed by atoms with Gasteiger partial charge in [-0.1, -0.05) is 18.2 Å². The molecular formula is C24H24N6O3. The highest BCUT2D eigenvalue weighted by Crippen LogP contribution is 2.33. The number of hydrazine groups is 1. The number of para-hydroxylation sites is 1. The molecule has 2 N–H and O–H groups in total. The van der Waals surface area contributed by atoms with Crippen molar-refractivity contribution in [2.75, 3.05) is 19.6 Å². The molecule has 2 heterocycles. The smallest absolute Gasteiger partial charge is 0.273 e. The van der Waals surface area contributed by atoms with Crippen LogP contribution in [-0.4, -0.2) is 39.9 Å². The van der Waals surface area contributed by atoms with Gasteiger partial charge < -0.3 is 9.47 Å². The van der Waals surface area contributed by atoms with Crippen molar-refractivity contribution >= 4 is 11.9 Å². The number of carbonyl (C=O) groups excluding carboxylic acids is 1. The van der Waals surface area contributed by atoms with Gasteiger partial charge in [-0.25, -0.2) is 14.6 Å². The van der Waals surface area contributed by atoms with E-state index in [4.69, 9.17) is 9.47 Å². The van der Waals surface area contributed by atoms with Gasteiger partial charge in [0.05, 0.1) is 25.5 Å². The van der Waals surface area contributed by atoms with Crippen LogP contribution in [0.5, 0.6) is 11.5 Å². The zero-order valence-corrected chi connectivity index (χ0v) is 18.8. The van der Waals surface area contributed by atoms with Gasteiger partial charge in [0.25, 0.3) is 5.91 Å². The van der Waals surface area contributed by atoms with Crippen LogP contribution in [0.3, 0.4) is 0 Å². The van der Waals surface area contributed by atoms with Crippen molar-refractivity contribution in [2.45, 2.75) is 13.8 Å². The number of rotatable bonds is 7. The molecule has 0 saturated carbocycles. The van der Waals surface area contributed by atoms with Gasteiger partial charge in [-0.3, -0.25) is 15.6 Å². The summed E-state index contributed by atoms with van der Waals surface area (Å²) in [4.78, 5) is 21.7. The summed E-state index contributed by atoms with van der Waals surface area (Å²) >= 11 is 0. The molecule has 0 saturated heterocycles. The SMILES string of the molecule is COc1ccc(-c2nn(-c3ccccc3)cc2C(=O)NNc2nc(C)cc(C)n2)cc1OC. The first-order valence-electron chi connectivity index (χ1n) is 10.2. The number of carbonyl (C=O) groups is 1. The van der Waals surface area contributed by atoms with E-state index in [0.717, 1.165) is 17.1 Å². The number of nitrogens with one attached hydrogen (secondary N) is 2. The predicted molar refractivity (Wildman–Crippen MR) is 125 cm³/mol. The molecule has 0 bridgehead atoms. The lowest BCUT2D eigenvalue weighted by Crippen LogP contribution is -2.30. The Morgan fingerprint density at radius 2 is 1.61 bits per heavy atom. The highest BCUT2D eigenvalue weighted by atomic mass is 16.5. The van der Waals surface area contributed by atoms with Crippen molar-refractivity contribution in [1.29, 1.82) is 0 Å². The zero-order chi connectivity index (χ0) is 23.4. The van der Waals surface area contributed by atoms with Gasteiger partial charge in [0.2, 0.25) is 5.95 Å². The molecule has 0 fully saturated rings. The molecule has 4 aromatic rings. The Morgan fingerprint density at radius 3 is 2.27 bits per heavy atom. The number of amides is 1. The fourth-order valence-corrected chi connectivity index (χ4v) is 3.41. The number of benzene rings is 2. The molecular weight excluding hydrogens is 420 g/mol. The number of methoxy groups -OCH3 is 2. The molecule has 0 unspecified atom stereocenters. The van der Waals surface area contributed by atoms with Crippen LogP contribution in [0, 0.1) is 13.8 Å². The van der Waals surface area contributed by atoms with E-state index in [1.807, 2.05) is 56.3 Å². The van der Waals surface area contributed by atoms with Crippen molar-refractivity contribution in [3.63, 3.8) is 0 Å². The Labute approximate surface area is 191 Å². The normalized spacial score (nSPS) is 10.5. The number of hydrogen-bond acceptors (Lipinski definition) is 7. The monoisotopic (exact) mass is 444 g/mol. The van der Waals surface area contributed by atoms with Crippen LogP contribution in [0.1, 0.15) is 21.7 Å². The predicted octanol–water partition coefficient (Wildman–Crippen LogP) is 3.72. The van der Waals surface area contributed by atoms with Gasteiger partial charge in [-0.15, -0.1) is 0 Å². The average molecular weight is 444 g/mol. The lowest BCUT2D eigenvalue weighted by Gasteiger charge is -2.10. The third-order valence-electron chi connectivity index (χ3n) is 4.91. The molecule has 168 valence electrons. The largest absolute Gasteiger partial charge is 0.493 e. The molecule has 0 atom stereocenters. The zero-order valence-electron chi connectivity index (χ0n) is 18.8. The topological polar surface area (TPSA) is 103 Å². The Morgan fingerprint density at radius 1 is 0.909 bits per heavy atom. The maximum absolute atomic E-state index is 13.2. The van der Waals surface area contributed by atoms with E-state index in [0.29, 0.717) is 34.3 Å². The molecule has 2 aromatic heterocycles. The molecule has 9 nitrogen and oxygen atoms in total. The molecule has 33 heavy (non-hydrogen) atoms. The summed E-state index contributed by atoms with van der Waals surface area (Å²) in [5.74, 6) is 1.05. The summed E-state index contributed by atoms with van der Waals surface area (Å²) in [5, 5.41) is 4.69. The van der Waals surface area contributed by atoms with Gasteiger partial charge >= 0.3 is 0 Å². The third kappa shape index (κ3) is 4.77. The van der Waals surface area contributed by atoms with Gasteiger partial charge in [0, 0.05) is 23.1 Å². The van der Waals surface area contributed by atoms with Gasteiger partial charge in [0.1, 0.15) is 5.69 Å². The molecule has 1 amide bonds. The second-order valence-electron chi connectivity index (χ2n) is 7.29. The third-order valence-corrected chi connectivity index (χ3v) is 4.91. The van der Waals surface area contributed by atoms with Crippen LogP contribution in [0.2, 0.25) is 0 Å². The standard InChI is InChI=1S/C24H24N6O3/c1-15-12-16(2)26-24(25-15)28-27-23(31)19-14-30(18-8-6-5-7-9-18)29-22(19)17-10-11-20(32-3)21(13-17)33-4/h5-14H,1-4H3,(H,27,31)(H,25,26,28). The average Bonchev–Trinajstić information content (AvgIpc) is 3.28. The number of ether oxygens (including phenoxy) is 2. The van der Waals surface area contributed by atoms with Crippen molar-refractivity contribution in [3.05, 3.63) is 77.7 Å². The second-order valence-corrected chi connectivity index (χ2v) is 7.29. The van der Waals surface area contributed by atoms with Gasteiger partial charge in [-0.2, -0.15) is 5.10 Å². The van der Waals surface area contributed by atoms with Crippen LogP contribution in [0.25, 0.3) is 16.9 Å². The van der Waals surface area contributed by atoms with E-state index in [2.05, 4.69) is 25.9 Å². The summed E-state index contributed by atoms with van der Waals surface area (Å²) < 4.78 is 12.4. The quantitative estimate of drug-likeness (QED) is 0.419. The first-order chi connectivity index (χ1) is 16.0.